The van der Waals surface area contributed by atoms with Crippen LogP contribution in [0.25, 0.3) is 0 Å². The van der Waals surface area contributed by atoms with Gasteiger partial charge in [-0.25, -0.2) is 4.98 Å². The molecule has 56 valence electrons. The fourth-order valence-corrected chi connectivity index (χ4v) is 0.623. The highest BCUT2D eigenvalue weighted by molar-refractivity contribution is 6.00. The van der Waals surface area contributed by atoms with Gasteiger partial charge in [0.15, 0.2) is 5.78 Å². The topological polar surface area (TPSA) is 59.9 Å². The predicted octanol–water partition coefficient (Wildman–Crippen LogP) is 0.248. The standard InChI is InChI=1S/C7H6N2O2/c10-4-1-7(11)6-5-8-2-3-9-6/h2-5H,1H2. The molecule has 0 saturated carbocycles. The summed E-state index contributed by atoms with van der Waals surface area (Å²) in [5.74, 6) is -0.298. The summed E-state index contributed by atoms with van der Waals surface area (Å²) in [4.78, 5) is 28.2. The lowest BCUT2D eigenvalue weighted by atomic mass is 10.2. The lowest BCUT2D eigenvalue weighted by Gasteiger charge is -1.91. The molecular formula is C7H6N2O2. The van der Waals surface area contributed by atoms with Crippen molar-refractivity contribution in [2.24, 2.45) is 0 Å². The van der Waals surface area contributed by atoms with Crippen LogP contribution in [-0.4, -0.2) is 22.0 Å². The Morgan fingerprint density at radius 1 is 1.55 bits per heavy atom. The van der Waals surface area contributed by atoms with Crippen LogP contribution in [0.2, 0.25) is 0 Å². The molecule has 0 bridgehead atoms. The fourth-order valence-electron chi connectivity index (χ4n) is 0.623. The molecule has 4 nitrogen and oxygen atoms in total. The zero-order chi connectivity index (χ0) is 8.10. The van der Waals surface area contributed by atoms with Crippen molar-refractivity contribution in [2.75, 3.05) is 0 Å². The molecule has 1 heterocycles. The SMILES string of the molecule is O=CCC(=O)c1cnccn1. The van der Waals surface area contributed by atoms with E-state index >= 15 is 0 Å². The second-order valence-electron chi connectivity index (χ2n) is 1.88. The van der Waals surface area contributed by atoms with Gasteiger partial charge in [0.1, 0.15) is 12.0 Å². The molecule has 0 aliphatic carbocycles. The van der Waals surface area contributed by atoms with E-state index in [4.69, 9.17) is 0 Å². The normalized spacial score (nSPS) is 9.09. The van der Waals surface area contributed by atoms with Gasteiger partial charge < -0.3 is 4.79 Å². The Balaban J connectivity index is 2.77. The molecule has 0 spiro atoms. The minimum Gasteiger partial charge on any atom is -0.303 e. The number of hydrogen-bond donors (Lipinski definition) is 0. The molecular weight excluding hydrogens is 144 g/mol. The van der Waals surface area contributed by atoms with E-state index in [1.54, 1.807) is 0 Å². The van der Waals surface area contributed by atoms with Gasteiger partial charge in [0, 0.05) is 12.4 Å². The third kappa shape index (κ3) is 1.93. The van der Waals surface area contributed by atoms with E-state index in [9.17, 15) is 9.59 Å². The average molecular weight is 150 g/mol. The van der Waals surface area contributed by atoms with Crippen LogP contribution < -0.4 is 0 Å². The predicted molar refractivity (Wildman–Crippen MR) is 37.0 cm³/mol. The van der Waals surface area contributed by atoms with Crippen LogP contribution in [0.15, 0.2) is 18.6 Å². The first-order valence-electron chi connectivity index (χ1n) is 3.07. The van der Waals surface area contributed by atoms with E-state index in [2.05, 4.69) is 9.97 Å². The van der Waals surface area contributed by atoms with Crippen LogP contribution >= 0.6 is 0 Å². The van der Waals surface area contributed by atoms with Crippen LogP contribution in [0, 0.1) is 0 Å². The van der Waals surface area contributed by atoms with Gasteiger partial charge in [0.05, 0.1) is 12.6 Å². The maximum Gasteiger partial charge on any atom is 0.189 e. The number of carbonyl (C=O) groups excluding carboxylic acids is 2. The molecule has 0 aliphatic heterocycles. The zero-order valence-corrected chi connectivity index (χ0v) is 5.73. The molecule has 0 aliphatic rings. The van der Waals surface area contributed by atoms with E-state index in [1.165, 1.54) is 18.6 Å². The van der Waals surface area contributed by atoms with E-state index in [1.807, 2.05) is 0 Å². The van der Waals surface area contributed by atoms with Gasteiger partial charge in [0.25, 0.3) is 0 Å². The largest absolute Gasteiger partial charge is 0.303 e. The Labute approximate surface area is 63.3 Å². The molecule has 0 unspecified atom stereocenters. The lowest BCUT2D eigenvalue weighted by Crippen LogP contribution is -2.02. The fraction of sp³-hybridized carbons (Fsp3) is 0.143. The first kappa shape index (κ1) is 7.53. The van der Waals surface area contributed by atoms with Crippen molar-refractivity contribution in [2.45, 2.75) is 6.42 Å². The molecule has 0 saturated heterocycles. The van der Waals surface area contributed by atoms with E-state index in [-0.39, 0.29) is 17.9 Å². The van der Waals surface area contributed by atoms with Crippen molar-refractivity contribution < 1.29 is 9.59 Å². The average Bonchev–Trinajstić information content (AvgIpc) is 2.07. The Morgan fingerprint density at radius 2 is 2.36 bits per heavy atom. The summed E-state index contributed by atoms with van der Waals surface area (Å²) in [7, 11) is 0. The Bertz CT molecular complexity index is 258. The maximum atomic E-state index is 10.9. The number of aromatic nitrogens is 2. The van der Waals surface area contributed by atoms with Crippen molar-refractivity contribution in [1.29, 1.82) is 0 Å². The number of aldehydes is 1. The van der Waals surface area contributed by atoms with Crippen LogP contribution in [0.3, 0.4) is 0 Å². The number of carbonyl (C=O) groups is 2. The Kier molecular flexibility index (Phi) is 2.43. The molecule has 0 radical (unpaired) electrons. The summed E-state index contributed by atoms with van der Waals surface area (Å²) >= 11 is 0. The third-order valence-electron chi connectivity index (χ3n) is 1.12. The molecule has 1 aromatic heterocycles. The van der Waals surface area contributed by atoms with Crippen molar-refractivity contribution in [1.82, 2.24) is 9.97 Å². The highest BCUT2D eigenvalue weighted by atomic mass is 16.1. The molecule has 0 atom stereocenters. The summed E-state index contributed by atoms with van der Waals surface area (Å²) < 4.78 is 0. The summed E-state index contributed by atoms with van der Waals surface area (Å²) in [6.45, 7) is 0. The number of nitrogens with zero attached hydrogens (tertiary/aromatic N) is 2. The van der Waals surface area contributed by atoms with Gasteiger partial charge in [-0.3, -0.25) is 9.78 Å². The minimum absolute atomic E-state index is 0.126. The van der Waals surface area contributed by atoms with Crippen LogP contribution in [0.1, 0.15) is 16.9 Å². The summed E-state index contributed by atoms with van der Waals surface area (Å²) in [6, 6.07) is 0. The van der Waals surface area contributed by atoms with E-state index < -0.39 is 0 Å². The quantitative estimate of drug-likeness (QED) is 0.352. The second-order valence-corrected chi connectivity index (χ2v) is 1.88. The molecule has 0 N–H and O–H groups in total. The minimum atomic E-state index is -0.298. The van der Waals surface area contributed by atoms with Crippen molar-refractivity contribution >= 4 is 12.1 Å². The summed E-state index contributed by atoms with van der Waals surface area (Å²) in [5.41, 5.74) is 0.236. The Hall–Kier alpha value is -1.58. The smallest absolute Gasteiger partial charge is 0.189 e. The molecule has 4 heteroatoms. The third-order valence-corrected chi connectivity index (χ3v) is 1.12. The monoisotopic (exact) mass is 150 g/mol. The highest BCUT2D eigenvalue weighted by Gasteiger charge is 2.04. The number of hydrogen-bond acceptors (Lipinski definition) is 4. The van der Waals surface area contributed by atoms with Crippen LogP contribution in [-0.2, 0) is 4.79 Å². The first-order chi connectivity index (χ1) is 5.34. The molecule has 1 rings (SSSR count). The van der Waals surface area contributed by atoms with Gasteiger partial charge in [-0.2, -0.15) is 0 Å². The summed E-state index contributed by atoms with van der Waals surface area (Å²) in [6.07, 6.45) is 4.65. The molecule has 1 aromatic rings. The van der Waals surface area contributed by atoms with Crippen molar-refractivity contribution in [3.8, 4) is 0 Å². The highest BCUT2D eigenvalue weighted by Crippen LogP contribution is 1.93. The number of ketones is 1. The van der Waals surface area contributed by atoms with E-state index in [0.29, 0.717) is 6.29 Å². The van der Waals surface area contributed by atoms with Crippen LogP contribution in [0.5, 0.6) is 0 Å². The Morgan fingerprint density at radius 3 is 2.91 bits per heavy atom. The van der Waals surface area contributed by atoms with Gasteiger partial charge >= 0.3 is 0 Å². The van der Waals surface area contributed by atoms with Gasteiger partial charge in [-0.15, -0.1) is 0 Å². The zero-order valence-electron chi connectivity index (χ0n) is 5.73. The number of Topliss-reactive ketones (excluding diaryl/α,β-unsaturated/α-hetero) is 1. The van der Waals surface area contributed by atoms with E-state index in [0.717, 1.165) is 0 Å². The van der Waals surface area contributed by atoms with Gasteiger partial charge in [-0.1, -0.05) is 0 Å². The van der Waals surface area contributed by atoms with Gasteiger partial charge in [-0.05, 0) is 0 Å². The van der Waals surface area contributed by atoms with Crippen LogP contribution in [0.4, 0.5) is 0 Å². The van der Waals surface area contributed by atoms with Crippen molar-refractivity contribution in [3.05, 3.63) is 24.3 Å². The molecule has 0 amide bonds. The van der Waals surface area contributed by atoms with Crippen molar-refractivity contribution in [3.63, 3.8) is 0 Å². The first-order valence-corrected chi connectivity index (χ1v) is 3.07. The molecule has 11 heavy (non-hydrogen) atoms. The molecule has 0 aromatic carbocycles. The second kappa shape index (κ2) is 3.55. The maximum absolute atomic E-state index is 10.9. The lowest BCUT2D eigenvalue weighted by molar-refractivity contribution is -0.107. The number of rotatable bonds is 3. The molecule has 0 fully saturated rings. The summed E-state index contributed by atoms with van der Waals surface area (Å²) in [5, 5.41) is 0. The van der Waals surface area contributed by atoms with Gasteiger partial charge in [0.2, 0.25) is 0 Å².